The average molecular weight is 229 g/mol. The van der Waals surface area contributed by atoms with Gasteiger partial charge in [-0.25, -0.2) is 0 Å². The highest BCUT2D eigenvalue weighted by Gasteiger charge is 2.27. The van der Waals surface area contributed by atoms with E-state index in [1.165, 1.54) is 0 Å². The van der Waals surface area contributed by atoms with Gasteiger partial charge in [-0.15, -0.1) is 0 Å². The monoisotopic (exact) mass is 229 g/mol. The van der Waals surface area contributed by atoms with E-state index in [2.05, 4.69) is 6.92 Å². The Morgan fingerprint density at radius 1 is 1.21 bits per heavy atom. The zero-order valence-corrected chi connectivity index (χ0v) is 9.26. The number of hydrogen-bond donors (Lipinski definition) is 1. The number of hydrogen-bond acceptors (Lipinski definition) is 2. The van der Waals surface area contributed by atoms with Crippen LogP contribution < -0.4 is 5.73 Å². The standard InChI is InChI=1S/C9H18F3NS/c1-2-5-8(13)6-3-4-7-14-9(10,11)12/h8H,2-7,13H2,1H3. The molecule has 0 rings (SSSR count). The van der Waals surface area contributed by atoms with Crippen molar-refractivity contribution in [3.05, 3.63) is 0 Å². The number of thioether (sulfide) groups is 1. The first-order valence-electron chi connectivity index (χ1n) is 4.92. The van der Waals surface area contributed by atoms with Crippen LogP contribution in [0.5, 0.6) is 0 Å². The van der Waals surface area contributed by atoms with Gasteiger partial charge in [-0.2, -0.15) is 13.2 Å². The molecule has 0 saturated heterocycles. The Bertz CT molecular complexity index is 139. The molecule has 0 radical (unpaired) electrons. The number of unbranched alkanes of at least 4 members (excludes halogenated alkanes) is 1. The second-order valence-electron chi connectivity index (χ2n) is 3.34. The van der Waals surface area contributed by atoms with Gasteiger partial charge in [0.15, 0.2) is 0 Å². The minimum atomic E-state index is -4.08. The summed E-state index contributed by atoms with van der Waals surface area (Å²) >= 11 is 0.0578. The molecular formula is C9H18F3NS. The zero-order valence-electron chi connectivity index (χ0n) is 8.44. The van der Waals surface area contributed by atoms with Crippen LogP contribution in [-0.2, 0) is 0 Å². The highest BCUT2D eigenvalue weighted by molar-refractivity contribution is 8.00. The van der Waals surface area contributed by atoms with Gasteiger partial charge in [-0.3, -0.25) is 0 Å². The maximum atomic E-state index is 11.7. The molecule has 0 fully saturated rings. The summed E-state index contributed by atoms with van der Waals surface area (Å²) in [6.45, 7) is 2.05. The molecule has 5 heteroatoms. The normalized spacial score (nSPS) is 14.4. The zero-order chi connectivity index (χ0) is 11.0. The molecule has 0 aromatic heterocycles. The maximum absolute atomic E-state index is 11.7. The van der Waals surface area contributed by atoms with Gasteiger partial charge in [0.1, 0.15) is 0 Å². The second kappa shape index (κ2) is 7.40. The molecule has 1 atom stereocenters. The van der Waals surface area contributed by atoms with E-state index in [0.29, 0.717) is 6.42 Å². The van der Waals surface area contributed by atoms with Gasteiger partial charge in [-0.1, -0.05) is 31.5 Å². The first-order valence-corrected chi connectivity index (χ1v) is 5.90. The summed E-state index contributed by atoms with van der Waals surface area (Å²) < 4.78 is 35.1. The minimum Gasteiger partial charge on any atom is -0.328 e. The summed E-state index contributed by atoms with van der Waals surface area (Å²) in [5, 5.41) is 0. The van der Waals surface area contributed by atoms with Crippen molar-refractivity contribution in [3.63, 3.8) is 0 Å². The summed E-state index contributed by atoms with van der Waals surface area (Å²) in [5.41, 5.74) is 1.65. The highest BCUT2D eigenvalue weighted by Crippen LogP contribution is 2.30. The van der Waals surface area contributed by atoms with Crippen LogP contribution in [0, 0.1) is 0 Å². The van der Waals surface area contributed by atoms with Crippen molar-refractivity contribution in [2.45, 2.75) is 50.6 Å². The van der Waals surface area contributed by atoms with Crippen LogP contribution in [0.15, 0.2) is 0 Å². The molecule has 0 aliphatic rings. The van der Waals surface area contributed by atoms with E-state index in [1.807, 2.05) is 0 Å². The van der Waals surface area contributed by atoms with Gasteiger partial charge in [0.25, 0.3) is 0 Å². The lowest BCUT2D eigenvalue weighted by Gasteiger charge is -2.09. The smallest absolute Gasteiger partial charge is 0.328 e. The Kier molecular flexibility index (Phi) is 7.45. The first kappa shape index (κ1) is 14.1. The highest BCUT2D eigenvalue weighted by atomic mass is 32.2. The van der Waals surface area contributed by atoms with Crippen molar-refractivity contribution in [2.24, 2.45) is 5.73 Å². The third-order valence-electron chi connectivity index (χ3n) is 1.89. The lowest BCUT2D eigenvalue weighted by molar-refractivity contribution is -0.0328. The molecule has 1 nitrogen and oxygen atoms in total. The van der Waals surface area contributed by atoms with Gasteiger partial charge in [0.05, 0.1) is 0 Å². The fourth-order valence-electron chi connectivity index (χ4n) is 1.21. The van der Waals surface area contributed by atoms with Crippen molar-refractivity contribution in [1.82, 2.24) is 0 Å². The van der Waals surface area contributed by atoms with Crippen LogP contribution in [-0.4, -0.2) is 17.3 Å². The maximum Gasteiger partial charge on any atom is 0.441 e. The van der Waals surface area contributed by atoms with E-state index in [9.17, 15) is 13.2 Å². The number of halogens is 3. The molecule has 0 bridgehead atoms. The van der Waals surface area contributed by atoms with Crippen LogP contribution in [0.2, 0.25) is 0 Å². The molecule has 0 aliphatic carbocycles. The SMILES string of the molecule is CCCC(N)CCCCSC(F)(F)F. The first-order chi connectivity index (χ1) is 6.45. The summed E-state index contributed by atoms with van der Waals surface area (Å²) in [7, 11) is 0. The van der Waals surface area contributed by atoms with Crippen molar-refractivity contribution in [2.75, 3.05) is 5.75 Å². The van der Waals surface area contributed by atoms with Gasteiger partial charge in [0, 0.05) is 11.8 Å². The van der Waals surface area contributed by atoms with Crippen molar-refractivity contribution in [1.29, 1.82) is 0 Å². The van der Waals surface area contributed by atoms with Crippen molar-refractivity contribution < 1.29 is 13.2 Å². The Morgan fingerprint density at radius 2 is 1.86 bits per heavy atom. The van der Waals surface area contributed by atoms with Crippen LogP contribution in [0.3, 0.4) is 0 Å². The molecule has 0 aromatic carbocycles. The number of rotatable bonds is 7. The Labute approximate surface area is 87.6 Å². The molecular weight excluding hydrogens is 211 g/mol. The summed E-state index contributed by atoms with van der Waals surface area (Å²) in [6, 6.07) is 0.163. The van der Waals surface area contributed by atoms with E-state index in [1.54, 1.807) is 0 Å². The fourth-order valence-corrected chi connectivity index (χ4v) is 1.79. The quantitative estimate of drug-likeness (QED) is 0.676. The van der Waals surface area contributed by atoms with Crippen LogP contribution in [0.1, 0.15) is 39.0 Å². The van der Waals surface area contributed by atoms with Gasteiger partial charge >= 0.3 is 5.51 Å². The summed E-state index contributed by atoms with van der Waals surface area (Å²) in [5.74, 6) is 0.155. The second-order valence-corrected chi connectivity index (χ2v) is 4.50. The molecule has 2 N–H and O–H groups in total. The van der Waals surface area contributed by atoms with E-state index >= 15 is 0 Å². The molecule has 86 valence electrons. The molecule has 0 heterocycles. The molecule has 1 unspecified atom stereocenters. The molecule has 0 saturated carbocycles. The van der Waals surface area contributed by atoms with Crippen LogP contribution >= 0.6 is 11.8 Å². The van der Waals surface area contributed by atoms with E-state index in [4.69, 9.17) is 5.73 Å². The van der Waals surface area contributed by atoms with Crippen molar-refractivity contribution in [3.8, 4) is 0 Å². The van der Waals surface area contributed by atoms with Gasteiger partial charge < -0.3 is 5.73 Å². The topological polar surface area (TPSA) is 26.0 Å². The van der Waals surface area contributed by atoms with E-state index < -0.39 is 5.51 Å². The Hall–Kier alpha value is 0.100. The minimum absolute atomic E-state index is 0.0578. The van der Waals surface area contributed by atoms with Gasteiger partial charge in [0.2, 0.25) is 0 Å². The summed E-state index contributed by atoms with van der Waals surface area (Å²) in [4.78, 5) is 0. The van der Waals surface area contributed by atoms with Crippen LogP contribution in [0.4, 0.5) is 13.2 Å². The van der Waals surface area contributed by atoms with E-state index in [0.717, 1.165) is 25.7 Å². The molecule has 0 aliphatic heterocycles. The van der Waals surface area contributed by atoms with Crippen molar-refractivity contribution >= 4 is 11.8 Å². The van der Waals surface area contributed by atoms with E-state index in [-0.39, 0.29) is 23.6 Å². The molecule has 0 amide bonds. The lowest BCUT2D eigenvalue weighted by atomic mass is 10.1. The predicted molar refractivity (Wildman–Crippen MR) is 55.2 cm³/mol. The largest absolute Gasteiger partial charge is 0.441 e. The Balaban J connectivity index is 3.21. The lowest BCUT2D eigenvalue weighted by Crippen LogP contribution is -2.19. The average Bonchev–Trinajstić information content (AvgIpc) is 2.02. The molecule has 0 spiro atoms. The molecule has 14 heavy (non-hydrogen) atoms. The third-order valence-corrected chi connectivity index (χ3v) is 2.71. The number of alkyl halides is 3. The predicted octanol–water partition coefficient (Wildman–Crippen LogP) is 3.54. The summed E-state index contributed by atoms with van der Waals surface area (Å²) in [6.07, 6.45) is 4.24. The Morgan fingerprint density at radius 3 is 2.36 bits per heavy atom. The molecule has 0 aromatic rings. The third kappa shape index (κ3) is 10.2. The van der Waals surface area contributed by atoms with Crippen LogP contribution in [0.25, 0.3) is 0 Å². The fraction of sp³-hybridized carbons (Fsp3) is 1.00. The van der Waals surface area contributed by atoms with Gasteiger partial charge in [-0.05, 0) is 19.3 Å². The number of nitrogens with two attached hydrogens (primary N) is 1.